The lowest BCUT2D eigenvalue weighted by Crippen LogP contribution is -2.42. The van der Waals surface area contributed by atoms with Gasteiger partial charge < -0.3 is 30.2 Å². The molecule has 0 saturated heterocycles. The lowest BCUT2D eigenvalue weighted by Gasteiger charge is -2.19. The normalized spacial score (nSPS) is 11.1. The highest BCUT2D eigenvalue weighted by molar-refractivity contribution is 14.0. The molecule has 3 N–H and O–H groups in total. The van der Waals surface area contributed by atoms with Crippen molar-refractivity contribution >= 4 is 36.0 Å². The fourth-order valence-electron chi connectivity index (χ4n) is 2.49. The molecule has 9 nitrogen and oxygen atoms in total. The molecular formula is C23H34IN5O4. The summed E-state index contributed by atoms with van der Waals surface area (Å²) in [7, 11) is 1.68. The zero-order chi connectivity index (χ0) is 23.2. The summed E-state index contributed by atoms with van der Waals surface area (Å²) in [4.78, 5) is 20.1. The fourth-order valence-corrected chi connectivity index (χ4v) is 2.49. The number of carbonyl (C=O) groups is 1. The van der Waals surface area contributed by atoms with Crippen LogP contribution in [0, 0.1) is 0 Å². The number of ether oxygens (including phenoxy) is 3. The van der Waals surface area contributed by atoms with Crippen LogP contribution in [0.3, 0.4) is 0 Å². The second kappa shape index (κ2) is 15.1. The lowest BCUT2D eigenvalue weighted by molar-refractivity contribution is 0.0529. The highest BCUT2D eigenvalue weighted by Crippen LogP contribution is 2.10. The Bertz CT molecular complexity index is 842. The maximum Gasteiger partial charge on any atom is 0.407 e. The number of nitrogens with one attached hydrogen (secondary N) is 3. The van der Waals surface area contributed by atoms with Gasteiger partial charge in [-0.2, -0.15) is 0 Å². The van der Waals surface area contributed by atoms with Gasteiger partial charge in [0.1, 0.15) is 24.6 Å². The van der Waals surface area contributed by atoms with Gasteiger partial charge in [-0.1, -0.05) is 24.3 Å². The van der Waals surface area contributed by atoms with Crippen LogP contribution in [0.4, 0.5) is 4.79 Å². The number of alkyl carbamates (subject to hydrolysis) is 1. The van der Waals surface area contributed by atoms with E-state index in [1.54, 1.807) is 13.2 Å². The summed E-state index contributed by atoms with van der Waals surface area (Å²) in [5.74, 6) is 1.98. The summed E-state index contributed by atoms with van der Waals surface area (Å²) < 4.78 is 16.4. The van der Waals surface area contributed by atoms with E-state index in [1.165, 1.54) is 0 Å². The van der Waals surface area contributed by atoms with Crippen molar-refractivity contribution in [2.24, 2.45) is 4.99 Å². The fraction of sp³-hybridized carbons (Fsp3) is 0.435. The van der Waals surface area contributed by atoms with Crippen molar-refractivity contribution < 1.29 is 19.0 Å². The van der Waals surface area contributed by atoms with Crippen molar-refractivity contribution in [2.75, 3.05) is 33.4 Å². The number of para-hydroxylation sites is 1. The number of guanidine groups is 1. The molecule has 2 aromatic rings. The van der Waals surface area contributed by atoms with E-state index in [4.69, 9.17) is 14.2 Å². The van der Waals surface area contributed by atoms with Gasteiger partial charge in [-0.3, -0.25) is 4.99 Å². The number of halogens is 1. The van der Waals surface area contributed by atoms with Gasteiger partial charge in [0.2, 0.25) is 5.88 Å². The van der Waals surface area contributed by atoms with Gasteiger partial charge in [0, 0.05) is 38.9 Å². The Balaban J connectivity index is 0.00000544. The number of nitrogens with zero attached hydrogens (tertiary/aromatic N) is 2. The number of aromatic nitrogens is 1. The molecule has 1 amide bonds. The van der Waals surface area contributed by atoms with Crippen molar-refractivity contribution in [3.63, 3.8) is 0 Å². The minimum absolute atomic E-state index is 0. The van der Waals surface area contributed by atoms with Crippen molar-refractivity contribution in [1.82, 2.24) is 20.9 Å². The molecule has 0 bridgehead atoms. The first kappa shape index (κ1) is 28.3. The third-order valence-electron chi connectivity index (χ3n) is 3.91. The van der Waals surface area contributed by atoms with Gasteiger partial charge in [-0.15, -0.1) is 24.0 Å². The summed E-state index contributed by atoms with van der Waals surface area (Å²) in [5.41, 5.74) is 0.465. The SMILES string of the molecule is CN=C(NCCNC(=O)OC(C)(C)C)NCc1ccc(OCCOc2ccccc2)nc1.I. The van der Waals surface area contributed by atoms with Gasteiger partial charge in [-0.25, -0.2) is 9.78 Å². The summed E-state index contributed by atoms with van der Waals surface area (Å²) in [5, 5.41) is 9.01. The van der Waals surface area contributed by atoms with E-state index in [-0.39, 0.29) is 24.0 Å². The summed E-state index contributed by atoms with van der Waals surface area (Å²) in [6.07, 6.45) is 1.31. The summed E-state index contributed by atoms with van der Waals surface area (Å²) >= 11 is 0. The first-order chi connectivity index (χ1) is 15.4. The van der Waals surface area contributed by atoms with Crippen LogP contribution in [0.5, 0.6) is 11.6 Å². The Kier molecular flexibility index (Phi) is 13.0. The predicted octanol–water partition coefficient (Wildman–Crippen LogP) is 3.35. The van der Waals surface area contributed by atoms with Crippen LogP contribution in [0.25, 0.3) is 0 Å². The second-order valence-corrected chi connectivity index (χ2v) is 7.80. The molecule has 0 spiro atoms. The molecule has 1 heterocycles. The minimum atomic E-state index is -0.514. The Morgan fingerprint density at radius 1 is 0.970 bits per heavy atom. The molecule has 0 unspecified atom stereocenters. The summed E-state index contributed by atoms with van der Waals surface area (Å²) in [6, 6.07) is 13.4. The molecule has 0 aliphatic carbocycles. The maximum absolute atomic E-state index is 11.6. The topological polar surface area (TPSA) is 106 Å². The second-order valence-electron chi connectivity index (χ2n) is 7.80. The average Bonchev–Trinajstić information content (AvgIpc) is 2.76. The number of carbonyl (C=O) groups excluding carboxylic acids is 1. The summed E-state index contributed by atoms with van der Waals surface area (Å²) in [6.45, 7) is 7.79. The van der Waals surface area contributed by atoms with Crippen molar-refractivity contribution in [1.29, 1.82) is 0 Å². The molecule has 0 radical (unpaired) electrons. The van der Waals surface area contributed by atoms with Crippen LogP contribution in [0.1, 0.15) is 26.3 Å². The smallest absolute Gasteiger partial charge is 0.407 e. The Labute approximate surface area is 212 Å². The minimum Gasteiger partial charge on any atom is -0.490 e. The number of hydrogen-bond acceptors (Lipinski definition) is 6. The number of benzene rings is 1. The predicted molar refractivity (Wildman–Crippen MR) is 140 cm³/mol. The zero-order valence-corrected chi connectivity index (χ0v) is 21.9. The van der Waals surface area contributed by atoms with E-state index in [9.17, 15) is 4.79 Å². The molecule has 33 heavy (non-hydrogen) atoms. The van der Waals surface area contributed by atoms with Gasteiger partial charge in [-0.05, 0) is 38.5 Å². The van der Waals surface area contributed by atoms with Gasteiger partial charge >= 0.3 is 6.09 Å². The Hall–Kier alpha value is -2.76. The number of hydrogen-bond donors (Lipinski definition) is 3. The highest BCUT2D eigenvalue weighted by atomic mass is 127. The van der Waals surface area contributed by atoms with Crippen molar-refractivity contribution in [2.45, 2.75) is 32.9 Å². The molecular weight excluding hydrogens is 537 g/mol. The first-order valence-electron chi connectivity index (χ1n) is 10.5. The molecule has 0 atom stereocenters. The van der Waals surface area contributed by atoms with Gasteiger partial charge in [0.15, 0.2) is 5.96 Å². The average molecular weight is 571 g/mol. The molecule has 2 rings (SSSR count). The van der Waals surface area contributed by atoms with Crippen LogP contribution < -0.4 is 25.4 Å². The maximum atomic E-state index is 11.6. The molecule has 0 saturated carbocycles. The molecule has 10 heteroatoms. The van der Waals surface area contributed by atoms with Crippen LogP contribution in [0.2, 0.25) is 0 Å². The third-order valence-corrected chi connectivity index (χ3v) is 3.91. The van der Waals surface area contributed by atoms with E-state index in [1.807, 2.05) is 63.2 Å². The standard InChI is InChI=1S/C23H33N5O4.HI/c1-23(2,3)32-22(29)26-13-12-25-21(24-4)28-17-18-10-11-20(27-16-18)31-15-14-30-19-8-6-5-7-9-19;/h5-11,16H,12-15,17H2,1-4H3,(H,26,29)(H2,24,25,28);1H. The highest BCUT2D eigenvalue weighted by Gasteiger charge is 2.15. The lowest BCUT2D eigenvalue weighted by atomic mass is 10.2. The van der Waals surface area contributed by atoms with Crippen LogP contribution >= 0.6 is 24.0 Å². The third kappa shape index (κ3) is 12.8. The number of rotatable bonds is 10. The number of pyridine rings is 1. The van der Waals surface area contributed by atoms with Crippen molar-refractivity contribution in [3.8, 4) is 11.6 Å². The molecule has 0 fully saturated rings. The first-order valence-corrected chi connectivity index (χ1v) is 10.5. The van der Waals surface area contributed by atoms with Crippen LogP contribution in [0.15, 0.2) is 53.7 Å². The van der Waals surface area contributed by atoms with E-state index < -0.39 is 11.7 Å². The van der Waals surface area contributed by atoms with Gasteiger partial charge in [0.25, 0.3) is 0 Å². The molecule has 182 valence electrons. The molecule has 0 aliphatic rings. The molecule has 1 aromatic carbocycles. The Morgan fingerprint density at radius 3 is 2.30 bits per heavy atom. The quantitative estimate of drug-likeness (QED) is 0.174. The van der Waals surface area contributed by atoms with E-state index in [0.717, 1.165) is 11.3 Å². The monoisotopic (exact) mass is 571 g/mol. The zero-order valence-electron chi connectivity index (χ0n) is 19.6. The van der Waals surface area contributed by atoms with E-state index >= 15 is 0 Å². The number of amides is 1. The molecule has 1 aromatic heterocycles. The molecule has 0 aliphatic heterocycles. The van der Waals surface area contributed by atoms with Crippen LogP contribution in [-0.4, -0.2) is 56.0 Å². The van der Waals surface area contributed by atoms with Gasteiger partial charge in [0.05, 0.1) is 0 Å². The van der Waals surface area contributed by atoms with E-state index in [0.29, 0.717) is 44.7 Å². The number of aliphatic imine (C=N–C) groups is 1. The largest absolute Gasteiger partial charge is 0.490 e. The van der Waals surface area contributed by atoms with E-state index in [2.05, 4.69) is 25.9 Å². The van der Waals surface area contributed by atoms with Crippen molar-refractivity contribution in [3.05, 3.63) is 54.2 Å². The Morgan fingerprint density at radius 2 is 1.67 bits per heavy atom. The van der Waals surface area contributed by atoms with Crippen LogP contribution in [-0.2, 0) is 11.3 Å².